The van der Waals surface area contributed by atoms with Gasteiger partial charge in [-0.25, -0.2) is 5.48 Å². The summed E-state index contributed by atoms with van der Waals surface area (Å²) in [5, 5.41) is 12.3. The number of hydroxylamine groups is 1. The number of halogens is 3. The summed E-state index contributed by atoms with van der Waals surface area (Å²) in [6.07, 6.45) is -2.04. The predicted octanol–water partition coefficient (Wildman–Crippen LogP) is 2.95. The number of piperidine rings is 1. The number of carbonyl (C=O) groups is 1. The molecular weight excluding hydrogens is 373 g/mol. The van der Waals surface area contributed by atoms with Crippen LogP contribution >= 0.6 is 0 Å². The van der Waals surface area contributed by atoms with Crippen molar-refractivity contribution in [3.63, 3.8) is 0 Å². The van der Waals surface area contributed by atoms with E-state index in [4.69, 9.17) is 5.21 Å². The Labute approximate surface area is 160 Å². The Morgan fingerprint density at radius 3 is 2.82 bits per heavy atom. The van der Waals surface area contributed by atoms with Gasteiger partial charge in [-0.05, 0) is 36.6 Å². The molecule has 1 amide bonds. The van der Waals surface area contributed by atoms with E-state index in [1.165, 1.54) is 12.3 Å². The maximum atomic E-state index is 13.3. The molecule has 0 unspecified atom stereocenters. The standard InChI is InChI=1S/C19H23F3N4O2/c1-12-9-13(23-8-6-17(27)25-28)11-26(10-12)16-5-4-15(19(20,21)22)18-14(16)3-2-7-24-18/h2-5,7,12-13,23,28H,6,8-11H2,1H3,(H,25,27)/t12-,13+/m0/s1. The molecule has 3 N–H and O–H groups in total. The molecule has 1 aliphatic heterocycles. The van der Waals surface area contributed by atoms with Crippen LogP contribution in [-0.4, -0.2) is 41.8 Å². The average molecular weight is 396 g/mol. The minimum Gasteiger partial charge on any atom is -0.369 e. The van der Waals surface area contributed by atoms with Crippen LogP contribution in [0.1, 0.15) is 25.3 Å². The second-order valence-electron chi connectivity index (χ2n) is 7.21. The molecule has 1 fully saturated rings. The fraction of sp³-hybridized carbons (Fsp3) is 0.474. The summed E-state index contributed by atoms with van der Waals surface area (Å²) in [6, 6.07) is 6.01. The highest BCUT2D eigenvalue weighted by atomic mass is 19.4. The topological polar surface area (TPSA) is 77.5 Å². The van der Waals surface area contributed by atoms with Crippen molar-refractivity contribution >= 4 is 22.5 Å². The third-order valence-electron chi connectivity index (χ3n) is 4.96. The third kappa shape index (κ3) is 4.53. The number of carbonyl (C=O) groups excluding carboxylic acids is 1. The van der Waals surface area contributed by atoms with Gasteiger partial charge < -0.3 is 10.2 Å². The van der Waals surface area contributed by atoms with Crippen molar-refractivity contribution in [2.75, 3.05) is 24.5 Å². The summed E-state index contributed by atoms with van der Waals surface area (Å²) >= 11 is 0. The Balaban J connectivity index is 1.84. The second-order valence-corrected chi connectivity index (χ2v) is 7.21. The number of nitrogens with zero attached hydrogens (tertiary/aromatic N) is 2. The minimum atomic E-state index is -4.46. The zero-order valence-electron chi connectivity index (χ0n) is 15.5. The quantitative estimate of drug-likeness (QED) is 0.535. The fourth-order valence-corrected chi connectivity index (χ4v) is 3.80. The monoisotopic (exact) mass is 396 g/mol. The van der Waals surface area contributed by atoms with Gasteiger partial charge in [0.05, 0.1) is 11.1 Å². The smallest absolute Gasteiger partial charge is 0.369 e. The van der Waals surface area contributed by atoms with Crippen molar-refractivity contribution in [2.45, 2.75) is 32.0 Å². The molecule has 2 atom stereocenters. The molecule has 3 rings (SSSR count). The molecular formula is C19H23F3N4O2. The zero-order chi connectivity index (χ0) is 20.3. The molecule has 0 radical (unpaired) electrons. The Morgan fingerprint density at radius 2 is 2.11 bits per heavy atom. The van der Waals surface area contributed by atoms with Crippen LogP contribution in [0.2, 0.25) is 0 Å². The van der Waals surface area contributed by atoms with Gasteiger partial charge in [-0.3, -0.25) is 15.0 Å². The van der Waals surface area contributed by atoms with Crippen LogP contribution in [0.15, 0.2) is 30.5 Å². The van der Waals surface area contributed by atoms with Crippen molar-refractivity contribution in [3.05, 3.63) is 36.0 Å². The molecule has 152 valence electrons. The van der Waals surface area contributed by atoms with E-state index in [1.807, 2.05) is 0 Å². The summed E-state index contributed by atoms with van der Waals surface area (Å²) in [5.74, 6) is -0.139. The highest BCUT2D eigenvalue weighted by Crippen LogP contribution is 2.38. The number of hydrogen-bond acceptors (Lipinski definition) is 5. The fourth-order valence-electron chi connectivity index (χ4n) is 3.80. The Morgan fingerprint density at radius 1 is 1.32 bits per heavy atom. The molecule has 1 aliphatic rings. The Bertz CT molecular complexity index is 844. The Kier molecular flexibility index (Phi) is 6.04. The van der Waals surface area contributed by atoms with Gasteiger partial charge in [-0.1, -0.05) is 6.92 Å². The number of rotatable bonds is 5. The molecule has 2 heterocycles. The molecule has 1 aromatic carbocycles. The van der Waals surface area contributed by atoms with Crippen molar-refractivity contribution < 1.29 is 23.2 Å². The van der Waals surface area contributed by atoms with Crippen molar-refractivity contribution in [3.8, 4) is 0 Å². The van der Waals surface area contributed by atoms with E-state index in [2.05, 4.69) is 22.1 Å². The van der Waals surface area contributed by atoms with Gasteiger partial charge in [0.1, 0.15) is 0 Å². The molecule has 0 bridgehead atoms. The number of fused-ring (bicyclic) bond motifs is 1. The lowest BCUT2D eigenvalue weighted by Crippen LogP contribution is -2.49. The highest BCUT2D eigenvalue weighted by Gasteiger charge is 2.34. The van der Waals surface area contributed by atoms with E-state index in [0.717, 1.165) is 24.7 Å². The normalized spacial score (nSPS) is 20.4. The van der Waals surface area contributed by atoms with Crippen molar-refractivity contribution in [1.29, 1.82) is 0 Å². The summed E-state index contributed by atoms with van der Waals surface area (Å²) in [4.78, 5) is 17.2. The zero-order valence-corrected chi connectivity index (χ0v) is 15.5. The number of nitrogens with one attached hydrogen (secondary N) is 2. The van der Waals surface area contributed by atoms with Gasteiger partial charge in [0.25, 0.3) is 0 Å². The number of benzene rings is 1. The number of hydrogen-bond donors (Lipinski definition) is 3. The summed E-state index contributed by atoms with van der Waals surface area (Å²) in [5.41, 5.74) is 1.54. The number of pyridine rings is 1. The first kappa shape index (κ1) is 20.3. The van der Waals surface area contributed by atoms with Gasteiger partial charge in [0, 0.05) is 49.4 Å². The first-order valence-corrected chi connectivity index (χ1v) is 9.15. The summed E-state index contributed by atoms with van der Waals surface area (Å²) in [6.45, 7) is 3.84. The molecule has 0 aliphatic carbocycles. The van der Waals surface area contributed by atoms with Gasteiger partial charge in [-0.2, -0.15) is 13.2 Å². The van der Waals surface area contributed by atoms with E-state index in [1.54, 1.807) is 17.6 Å². The second kappa shape index (κ2) is 8.32. The van der Waals surface area contributed by atoms with Crippen molar-refractivity contribution in [1.82, 2.24) is 15.8 Å². The van der Waals surface area contributed by atoms with Crippen molar-refractivity contribution in [2.24, 2.45) is 5.92 Å². The summed E-state index contributed by atoms with van der Waals surface area (Å²) < 4.78 is 40.0. The van der Waals surface area contributed by atoms with Gasteiger partial charge >= 0.3 is 6.18 Å². The van der Waals surface area contributed by atoms with E-state index >= 15 is 0 Å². The van der Waals surface area contributed by atoms with Crippen LogP contribution in [0.5, 0.6) is 0 Å². The SMILES string of the molecule is C[C@H]1C[C@@H](NCCC(=O)NO)CN(c2ccc(C(F)(F)F)c3ncccc23)C1. The molecule has 6 nitrogen and oxygen atoms in total. The number of amides is 1. The largest absolute Gasteiger partial charge is 0.418 e. The lowest BCUT2D eigenvalue weighted by Gasteiger charge is -2.39. The van der Waals surface area contributed by atoms with Gasteiger partial charge in [0.2, 0.25) is 5.91 Å². The first-order chi connectivity index (χ1) is 13.3. The van der Waals surface area contributed by atoms with E-state index in [9.17, 15) is 18.0 Å². The van der Waals surface area contributed by atoms with E-state index in [0.29, 0.717) is 24.4 Å². The third-order valence-corrected chi connectivity index (χ3v) is 4.96. The lowest BCUT2D eigenvalue weighted by atomic mass is 9.94. The Hall–Kier alpha value is -2.39. The minimum absolute atomic E-state index is 0.0464. The molecule has 0 spiro atoms. The number of alkyl halides is 3. The van der Waals surface area contributed by atoms with Crippen LogP contribution in [-0.2, 0) is 11.0 Å². The van der Waals surface area contributed by atoms with Crippen LogP contribution < -0.4 is 15.7 Å². The average Bonchev–Trinajstić information content (AvgIpc) is 2.65. The predicted molar refractivity (Wildman–Crippen MR) is 99.1 cm³/mol. The maximum absolute atomic E-state index is 13.3. The van der Waals surface area contributed by atoms with Crippen LogP contribution in [0.25, 0.3) is 10.9 Å². The van der Waals surface area contributed by atoms with Gasteiger partial charge in [-0.15, -0.1) is 0 Å². The molecule has 28 heavy (non-hydrogen) atoms. The molecule has 9 heteroatoms. The highest BCUT2D eigenvalue weighted by molar-refractivity contribution is 5.94. The number of anilines is 1. The molecule has 1 saturated heterocycles. The number of aromatic nitrogens is 1. The molecule has 2 aromatic rings. The maximum Gasteiger partial charge on any atom is 0.418 e. The van der Waals surface area contributed by atoms with Crippen LogP contribution in [0.3, 0.4) is 0 Å². The van der Waals surface area contributed by atoms with E-state index < -0.39 is 17.6 Å². The van der Waals surface area contributed by atoms with E-state index in [-0.39, 0.29) is 18.0 Å². The molecule has 0 saturated carbocycles. The van der Waals surface area contributed by atoms with Crippen LogP contribution in [0, 0.1) is 5.92 Å². The summed E-state index contributed by atoms with van der Waals surface area (Å²) in [7, 11) is 0. The van der Waals surface area contributed by atoms with Gasteiger partial charge in [0.15, 0.2) is 0 Å². The first-order valence-electron chi connectivity index (χ1n) is 9.15. The lowest BCUT2D eigenvalue weighted by molar-refractivity contribution is -0.136. The molecule has 1 aromatic heterocycles. The van der Waals surface area contributed by atoms with Crippen LogP contribution in [0.4, 0.5) is 18.9 Å².